The van der Waals surface area contributed by atoms with Gasteiger partial charge in [0.2, 0.25) is 5.91 Å². The van der Waals surface area contributed by atoms with E-state index in [1.807, 2.05) is 31.2 Å². The summed E-state index contributed by atoms with van der Waals surface area (Å²) in [7, 11) is 0. The molecule has 2 aromatic rings. The van der Waals surface area contributed by atoms with Crippen LogP contribution in [0, 0.1) is 12.3 Å². The van der Waals surface area contributed by atoms with Crippen molar-refractivity contribution in [2.75, 3.05) is 5.32 Å². The minimum absolute atomic E-state index is 0.399. The highest BCUT2D eigenvalue weighted by Gasteiger charge is 2.51. The molecular weight excluding hydrogens is 268 g/mol. The fraction of sp³-hybridized carbons (Fsp3) is 0.312. The second-order valence-electron chi connectivity index (χ2n) is 5.52. The lowest BCUT2D eigenvalue weighted by Crippen LogP contribution is -2.48. The minimum Gasteiger partial charge on any atom is -0.480 e. The third kappa shape index (κ3) is 2.14. The Morgan fingerprint density at radius 2 is 2.00 bits per heavy atom. The first-order valence-corrected chi connectivity index (χ1v) is 6.94. The molecule has 0 radical (unpaired) electrons. The van der Waals surface area contributed by atoms with Gasteiger partial charge in [-0.25, -0.2) is 0 Å². The lowest BCUT2D eigenvalue weighted by molar-refractivity contribution is -0.159. The van der Waals surface area contributed by atoms with Crippen LogP contribution in [0.3, 0.4) is 0 Å². The van der Waals surface area contributed by atoms with E-state index in [1.54, 1.807) is 6.07 Å². The molecule has 5 heteroatoms. The van der Waals surface area contributed by atoms with E-state index in [2.05, 4.69) is 10.3 Å². The summed E-state index contributed by atoms with van der Waals surface area (Å²) >= 11 is 0. The zero-order valence-corrected chi connectivity index (χ0v) is 11.7. The molecule has 0 spiro atoms. The minimum atomic E-state index is -1.27. The van der Waals surface area contributed by atoms with Crippen molar-refractivity contribution in [3.05, 3.63) is 36.0 Å². The lowest BCUT2D eigenvalue weighted by atomic mass is 9.68. The maximum atomic E-state index is 12.4. The highest BCUT2D eigenvalue weighted by Crippen LogP contribution is 2.42. The highest BCUT2D eigenvalue weighted by atomic mass is 16.4. The maximum Gasteiger partial charge on any atom is 0.319 e. The average molecular weight is 284 g/mol. The van der Waals surface area contributed by atoms with Crippen LogP contribution in [-0.2, 0) is 9.59 Å². The predicted octanol–water partition coefficient (Wildman–Crippen LogP) is 2.74. The van der Waals surface area contributed by atoms with E-state index < -0.39 is 17.3 Å². The maximum absolute atomic E-state index is 12.4. The number of aromatic nitrogens is 1. The Labute approximate surface area is 122 Å². The van der Waals surface area contributed by atoms with Crippen LogP contribution in [0.1, 0.15) is 25.0 Å². The van der Waals surface area contributed by atoms with Gasteiger partial charge in [0.25, 0.3) is 0 Å². The number of aliphatic carboxylic acids is 1. The van der Waals surface area contributed by atoms with Gasteiger partial charge < -0.3 is 10.4 Å². The second-order valence-corrected chi connectivity index (χ2v) is 5.52. The van der Waals surface area contributed by atoms with Gasteiger partial charge in [-0.3, -0.25) is 14.6 Å². The standard InChI is InChI=1S/C16H16N2O3/c1-10-9-13(11-5-2-3-6-12(11)17-10)18-14(19)16(15(20)21)7-4-8-16/h2-3,5-6,9H,4,7-8H2,1H3,(H,20,21)(H,17,18,19). The van der Waals surface area contributed by atoms with Gasteiger partial charge in [0.15, 0.2) is 0 Å². The summed E-state index contributed by atoms with van der Waals surface area (Å²) in [6.07, 6.45) is 1.57. The number of rotatable bonds is 3. The zero-order valence-electron chi connectivity index (χ0n) is 11.7. The van der Waals surface area contributed by atoms with E-state index in [4.69, 9.17) is 0 Å². The third-order valence-corrected chi connectivity index (χ3v) is 4.14. The molecule has 2 N–H and O–H groups in total. The summed E-state index contributed by atoms with van der Waals surface area (Å²) < 4.78 is 0. The molecule has 1 heterocycles. The Bertz CT molecular complexity index is 735. The lowest BCUT2D eigenvalue weighted by Gasteiger charge is -2.35. The number of carboxylic acid groups (broad SMARTS) is 1. The van der Waals surface area contributed by atoms with Crippen LogP contribution in [0.5, 0.6) is 0 Å². The van der Waals surface area contributed by atoms with Gasteiger partial charge in [0.1, 0.15) is 5.41 Å². The molecule has 0 saturated heterocycles. The van der Waals surface area contributed by atoms with E-state index >= 15 is 0 Å². The molecule has 0 unspecified atom stereocenters. The van der Waals surface area contributed by atoms with Crippen molar-refractivity contribution in [1.82, 2.24) is 4.98 Å². The third-order valence-electron chi connectivity index (χ3n) is 4.14. The van der Waals surface area contributed by atoms with Crippen molar-refractivity contribution in [2.45, 2.75) is 26.2 Å². The van der Waals surface area contributed by atoms with E-state index in [0.717, 1.165) is 23.0 Å². The predicted molar refractivity (Wildman–Crippen MR) is 79.0 cm³/mol. The van der Waals surface area contributed by atoms with Crippen molar-refractivity contribution in [3.63, 3.8) is 0 Å². The molecule has 3 rings (SSSR count). The van der Waals surface area contributed by atoms with Gasteiger partial charge in [-0.2, -0.15) is 0 Å². The largest absolute Gasteiger partial charge is 0.480 e. The number of para-hydroxylation sites is 1. The molecule has 0 atom stereocenters. The molecule has 1 saturated carbocycles. The molecule has 1 aromatic carbocycles. The van der Waals surface area contributed by atoms with E-state index in [0.29, 0.717) is 18.5 Å². The Kier molecular flexibility index (Phi) is 3.12. The second kappa shape index (κ2) is 4.84. The molecule has 21 heavy (non-hydrogen) atoms. The number of amides is 1. The summed E-state index contributed by atoms with van der Waals surface area (Å²) in [5.74, 6) is -1.47. The Morgan fingerprint density at radius 1 is 1.29 bits per heavy atom. The molecule has 1 aromatic heterocycles. The first kappa shape index (κ1) is 13.5. The van der Waals surface area contributed by atoms with Crippen LogP contribution in [0.4, 0.5) is 5.69 Å². The van der Waals surface area contributed by atoms with E-state index in [-0.39, 0.29) is 0 Å². The van der Waals surface area contributed by atoms with E-state index in [1.165, 1.54) is 0 Å². The van der Waals surface area contributed by atoms with Crippen molar-refractivity contribution in [1.29, 1.82) is 0 Å². The smallest absolute Gasteiger partial charge is 0.319 e. The molecule has 0 bridgehead atoms. The Morgan fingerprint density at radius 3 is 2.62 bits per heavy atom. The molecule has 1 aliphatic carbocycles. The number of nitrogens with one attached hydrogen (secondary N) is 1. The molecular formula is C16H16N2O3. The van der Waals surface area contributed by atoms with Crippen molar-refractivity contribution < 1.29 is 14.7 Å². The number of carbonyl (C=O) groups is 2. The molecule has 0 aliphatic heterocycles. The van der Waals surface area contributed by atoms with Crippen LogP contribution >= 0.6 is 0 Å². The summed E-state index contributed by atoms with van der Waals surface area (Å²) in [6.45, 7) is 1.85. The van der Waals surface area contributed by atoms with E-state index in [9.17, 15) is 14.7 Å². The van der Waals surface area contributed by atoms with Gasteiger partial charge in [-0.05, 0) is 31.9 Å². The topological polar surface area (TPSA) is 79.3 Å². The number of hydrogen-bond acceptors (Lipinski definition) is 3. The zero-order chi connectivity index (χ0) is 15.0. The summed E-state index contributed by atoms with van der Waals surface area (Å²) in [6, 6.07) is 9.25. The van der Waals surface area contributed by atoms with Gasteiger partial charge in [-0.1, -0.05) is 24.6 Å². The van der Waals surface area contributed by atoms with Crippen molar-refractivity contribution in [3.8, 4) is 0 Å². The molecule has 108 valence electrons. The summed E-state index contributed by atoms with van der Waals surface area (Å²) in [5, 5.41) is 12.9. The van der Waals surface area contributed by atoms with Crippen LogP contribution in [0.15, 0.2) is 30.3 Å². The van der Waals surface area contributed by atoms with Gasteiger partial charge in [0, 0.05) is 11.1 Å². The summed E-state index contributed by atoms with van der Waals surface area (Å²) in [5.41, 5.74) is 0.918. The number of fused-ring (bicyclic) bond motifs is 1. The molecule has 1 fully saturated rings. The van der Waals surface area contributed by atoms with Gasteiger partial charge in [-0.15, -0.1) is 0 Å². The fourth-order valence-corrected chi connectivity index (χ4v) is 2.72. The SMILES string of the molecule is Cc1cc(NC(=O)C2(C(=O)O)CCC2)c2ccccc2n1. The number of anilines is 1. The molecule has 1 amide bonds. The van der Waals surface area contributed by atoms with Gasteiger partial charge in [0.05, 0.1) is 11.2 Å². The quantitative estimate of drug-likeness (QED) is 0.849. The monoisotopic (exact) mass is 284 g/mol. The first-order chi connectivity index (χ1) is 10.0. The molecule has 1 aliphatic rings. The van der Waals surface area contributed by atoms with Crippen molar-refractivity contribution >= 4 is 28.5 Å². The van der Waals surface area contributed by atoms with Crippen LogP contribution in [-0.4, -0.2) is 22.0 Å². The first-order valence-electron chi connectivity index (χ1n) is 6.94. The number of nitrogens with zero attached hydrogens (tertiary/aromatic N) is 1. The number of carboxylic acids is 1. The molecule has 5 nitrogen and oxygen atoms in total. The van der Waals surface area contributed by atoms with Crippen molar-refractivity contribution in [2.24, 2.45) is 5.41 Å². The number of pyridine rings is 1. The average Bonchev–Trinajstić information content (AvgIpc) is 2.36. The number of benzene rings is 1. The summed E-state index contributed by atoms with van der Waals surface area (Å²) in [4.78, 5) is 28.2. The Hall–Kier alpha value is -2.43. The van der Waals surface area contributed by atoms with Crippen LogP contribution < -0.4 is 5.32 Å². The highest BCUT2D eigenvalue weighted by molar-refractivity contribution is 6.11. The van der Waals surface area contributed by atoms with Gasteiger partial charge >= 0.3 is 5.97 Å². The number of aryl methyl sites for hydroxylation is 1. The number of hydrogen-bond donors (Lipinski definition) is 2. The van der Waals surface area contributed by atoms with Crippen LogP contribution in [0.25, 0.3) is 10.9 Å². The normalized spacial score (nSPS) is 16.2. The number of carbonyl (C=O) groups excluding carboxylic acids is 1. The fourth-order valence-electron chi connectivity index (χ4n) is 2.72. The Balaban J connectivity index is 1.98. The van der Waals surface area contributed by atoms with Crippen LogP contribution in [0.2, 0.25) is 0 Å².